The molecule has 1 aromatic heterocycles. The van der Waals surface area contributed by atoms with Crippen molar-refractivity contribution in [2.24, 2.45) is 0 Å². The third-order valence-corrected chi connectivity index (χ3v) is 3.18. The zero-order chi connectivity index (χ0) is 14.7. The highest BCUT2D eigenvalue weighted by atomic mass is 35.5. The second kappa shape index (κ2) is 5.84. The summed E-state index contributed by atoms with van der Waals surface area (Å²) in [6.07, 6.45) is 3.14. The Morgan fingerprint density at radius 2 is 1.80 bits per heavy atom. The fourth-order valence-electron chi connectivity index (χ4n) is 1.75. The van der Waals surface area contributed by atoms with Gasteiger partial charge in [-0.1, -0.05) is 11.6 Å². The highest BCUT2D eigenvalue weighted by molar-refractivity contribution is 6.30. The third-order valence-electron chi connectivity index (χ3n) is 2.93. The van der Waals surface area contributed by atoms with E-state index in [0.29, 0.717) is 10.6 Å². The van der Waals surface area contributed by atoms with Crippen LogP contribution in [0.5, 0.6) is 0 Å². The van der Waals surface area contributed by atoms with Crippen LogP contribution in [0.1, 0.15) is 17.3 Å². The first-order valence-corrected chi connectivity index (χ1v) is 6.43. The molecule has 1 amide bonds. The lowest BCUT2D eigenvalue weighted by molar-refractivity contribution is -0.569. The smallest absolute Gasteiger partial charge is 0.294 e. The summed E-state index contributed by atoms with van der Waals surface area (Å²) in [5, 5.41) is 0.612. The minimum atomic E-state index is -0.254. The van der Waals surface area contributed by atoms with E-state index in [1.807, 2.05) is 0 Å². The number of aromatic nitrogens is 1. The molecule has 0 N–H and O–H groups in total. The Bertz CT molecular complexity index is 653. The number of pyridine rings is 1. The van der Waals surface area contributed by atoms with Crippen LogP contribution in [0.15, 0.2) is 48.8 Å². The Morgan fingerprint density at radius 1 is 1.15 bits per heavy atom. The molecule has 5 heteroatoms. The summed E-state index contributed by atoms with van der Waals surface area (Å²) in [5.74, 6) is -0.0821. The molecule has 0 atom stereocenters. The topological polar surface area (TPSA) is 41.3 Å². The van der Waals surface area contributed by atoms with Gasteiger partial charge in [-0.25, -0.2) is 0 Å². The molecule has 0 aliphatic heterocycles. The lowest BCUT2D eigenvalue weighted by Gasteiger charge is -2.09. The molecule has 20 heavy (non-hydrogen) atoms. The van der Waals surface area contributed by atoms with Gasteiger partial charge in [0.15, 0.2) is 5.78 Å². The first-order valence-electron chi connectivity index (χ1n) is 6.05. The van der Waals surface area contributed by atoms with E-state index in [9.17, 15) is 9.59 Å². The fraction of sp³-hybridized carbons (Fsp3) is 0.133. The molecule has 0 aliphatic rings. The van der Waals surface area contributed by atoms with Gasteiger partial charge in [-0.3, -0.25) is 4.79 Å². The summed E-state index contributed by atoms with van der Waals surface area (Å²) in [7, 11) is 1.67. The average Bonchev–Trinajstić information content (AvgIpc) is 2.46. The van der Waals surface area contributed by atoms with Gasteiger partial charge in [-0.05, 0) is 43.3 Å². The van der Waals surface area contributed by atoms with Gasteiger partial charge in [0, 0.05) is 5.02 Å². The molecule has 2 aromatic rings. The number of rotatable bonds is 2. The minimum absolute atomic E-state index is 0.0821. The molecule has 102 valence electrons. The maximum absolute atomic E-state index is 12.3. The van der Waals surface area contributed by atoms with E-state index in [1.54, 1.807) is 49.6 Å². The molecule has 0 spiro atoms. The summed E-state index contributed by atoms with van der Waals surface area (Å²) in [6.45, 7) is 1.47. The SMILES string of the molecule is CC(=O)c1ccc[n+](C(=O)N(C)c2ccc(Cl)cc2)c1. The summed E-state index contributed by atoms with van der Waals surface area (Å²) >= 11 is 5.82. The van der Waals surface area contributed by atoms with Gasteiger partial charge in [-0.2, -0.15) is 14.3 Å². The molecule has 0 unspecified atom stereocenters. The van der Waals surface area contributed by atoms with Crippen LogP contribution in [0.25, 0.3) is 0 Å². The number of amides is 1. The predicted octanol–water partition coefficient (Wildman–Crippen LogP) is 2.93. The van der Waals surface area contributed by atoms with E-state index in [1.165, 1.54) is 22.6 Å². The summed E-state index contributed by atoms with van der Waals surface area (Å²) in [4.78, 5) is 25.2. The Morgan fingerprint density at radius 3 is 2.40 bits per heavy atom. The number of anilines is 1. The van der Waals surface area contributed by atoms with Crippen LogP contribution in [0, 0.1) is 0 Å². The van der Waals surface area contributed by atoms with Crippen LogP contribution >= 0.6 is 11.6 Å². The Labute approximate surface area is 122 Å². The van der Waals surface area contributed by atoms with Crippen molar-refractivity contribution < 1.29 is 14.2 Å². The van der Waals surface area contributed by atoms with Gasteiger partial charge < -0.3 is 0 Å². The van der Waals surface area contributed by atoms with Crippen molar-refractivity contribution in [3.8, 4) is 0 Å². The van der Waals surface area contributed by atoms with Crippen LogP contribution in [-0.2, 0) is 0 Å². The first-order chi connectivity index (χ1) is 9.49. The number of hydrogen-bond donors (Lipinski definition) is 0. The lowest BCUT2D eigenvalue weighted by atomic mass is 10.2. The highest BCUT2D eigenvalue weighted by Crippen LogP contribution is 2.16. The van der Waals surface area contributed by atoms with Crippen molar-refractivity contribution in [3.63, 3.8) is 0 Å². The first kappa shape index (κ1) is 14.2. The Hall–Kier alpha value is -2.20. The number of benzene rings is 1. The van der Waals surface area contributed by atoms with Crippen molar-refractivity contribution >= 4 is 29.1 Å². The zero-order valence-electron chi connectivity index (χ0n) is 11.2. The van der Waals surface area contributed by atoms with Crippen molar-refractivity contribution in [1.82, 2.24) is 0 Å². The minimum Gasteiger partial charge on any atom is -0.294 e. The maximum Gasteiger partial charge on any atom is 0.502 e. The average molecular weight is 290 g/mol. The molecule has 1 aromatic carbocycles. The van der Waals surface area contributed by atoms with E-state index in [2.05, 4.69) is 0 Å². The van der Waals surface area contributed by atoms with Gasteiger partial charge in [0.05, 0.1) is 18.8 Å². The lowest BCUT2D eigenvalue weighted by Crippen LogP contribution is -2.51. The van der Waals surface area contributed by atoms with E-state index in [4.69, 9.17) is 11.6 Å². The second-order valence-electron chi connectivity index (χ2n) is 4.37. The summed E-state index contributed by atoms with van der Waals surface area (Å²) < 4.78 is 1.38. The Balaban J connectivity index is 2.28. The molecule has 0 saturated carbocycles. The fourth-order valence-corrected chi connectivity index (χ4v) is 1.88. The van der Waals surface area contributed by atoms with Gasteiger partial charge in [-0.15, -0.1) is 0 Å². The van der Waals surface area contributed by atoms with Crippen molar-refractivity contribution in [3.05, 3.63) is 59.4 Å². The normalized spacial score (nSPS) is 10.2. The number of ketones is 1. The molecular formula is C15H14ClN2O2+. The number of carbonyl (C=O) groups is 2. The maximum atomic E-state index is 12.3. The van der Waals surface area contributed by atoms with Gasteiger partial charge in [0.1, 0.15) is 11.9 Å². The van der Waals surface area contributed by atoms with Crippen LogP contribution in [0.3, 0.4) is 0 Å². The van der Waals surface area contributed by atoms with E-state index >= 15 is 0 Å². The molecular weight excluding hydrogens is 276 g/mol. The van der Waals surface area contributed by atoms with E-state index in [0.717, 1.165) is 5.69 Å². The monoisotopic (exact) mass is 289 g/mol. The van der Waals surface area contributed by atoms with E-state index in [-0.39, 0.29) is 11.8 Å². The largest absolute Gasteiger partial charge is 0.502 e. The van der Waals surface area contributed by atoms with Crippen LogP contribution in [0.2, 0.25) is 5.02 Å². The number of halogens is 1. The quantitative estimate of drug-likeness (QED) is 0.630. The molecule has 0 aliphatic carbocycles. The van der Waals surface area contributed by atoms with Crippen molar-refractivity contribution in [2.45, 2.75) is 6.92 Å². The number of carbonyl (C=O) groups excluding carboxylic acids is 2. The molecule has 0 radical (unpaired) electrons. The zero-order valence-corrected chi connectivity index (χ0v) is 12.0. The number of Topliss-reactive ketones (excluding diaryl/α,β-unsaturated/α-hetero) is 1. The Kier molecular flexibility index (Phi) is 4.15. The highest BCUT2D eigenvalue weighted by Gasteiger charge is 2.22. The predicted molar refractivity (Wildman–Crippen MR) is 77.3 cm³/mol. The number of nitrogens with zero attached hydrogens (tertiary/aromatic N) is 2. The number of hydrogen-bond acceptors (Lipinski definition) is 2. The van der Waals surface area contributed by atoms with E-state index < -0.39 is 0 Å². The molecule has 0 fully saturated rings. The summed E-state index contributed by atoms with van der Waals surface area (Å²) in [6, 6.07) is 10.0. The molecule has 4 nitrogen and oxygen atoms in total. The molecule has 2 rings (SSSR count). The van der Waals surface area contributed by atoms with Crippen LogP contribution in [-0.4, -0.2) is 18.9 Å². The van der Waals surface area contributed by atoms with Crippen LogP contribution < -0.4 is 9.47 Å². The van der Waals surface area contributed by atoms with Gasteiger partial charge in [0.25, 0.3) is 0 Å². The molecule has 1 heterocycles. The molecule has 0 saturated heterocycles. The summed E-state index contributed by atoms with van der Waals surface area (Å²) in [5.41, 5.74) is 1.21. The van der Waals surface area contributed by atoms with Gasteiger partial charge >= 0.3 is 6.03 Å². The molecule has 0 bridgehead atoms. The van der Waals surface area contributed by atoms with Crippen LogP contribution in [0.4, 0.5) is 10.5 Å². The van der Waals surface area contributed by atoms with Crippen molar-refractivity contribution in [1.29, 1.82) is 0 Å². The second-order valence-corrected chi connectivity index (χ2v) is 4.81. The standard InChI is InChI=1S/C15H14ClN2O2/c1-11(19)12-4-3-9-18(10-12)15(20)17(2)14-7-5-13(16)6-8-14/h3-10H,1-2H3/q+1. The van der Waals surface area contributed by atoms with Crippen molar-refractivity contribution in [2.75, 3.05) is 11.9 Å². The van der Waals surface area contributed by atoms with Gasteiger partial charge in [0.2, 0.25) is 0 Å². The third kappa shape index (κ3) is 3.03.